The van der Waals surface area contributed by atoms with Crippen LogP contribution >= 0.6 is 0 Å². The van der Waals surface area contributed by atoms with Crippen molar-refractivity contribution >= 4 is 11.4 Å². The van der Waals surface area contributed by atoms with Crippen molar-refractivity contribution in [2.45, 2.75) is 19.4 Å². The van der Waals surface area contributed by atoms with Gasteiger partial charge in [-0.1, -0.05) is 6.92 Å². The molecule has 1 aromatic carbocycles. The number of hydrogen-bond acceptors (Lipinski definition) is 6. The Bertz CT molecular complexity index is 495. The molecule has 2 N–H and O–H groups in total. The summed E-state index contributed by atoms with van der Waals surface area (Å²) in [6.45, 7) is 4.84. The zero-order chi connectivity index (χ0) is 15.2. The topological polar surface area (TPSA) is 90.9 Å². The van der Waals surface area contributed by atoms with E-state index in [1.807, 2.05) is 17.9 Å². The van der Waals surface area contributed by atoms with Gasteiger partial charge in [0.2, 0.25) is 0 Å². The number of nitro benzene ring substituents is 1. The van der Waals surface area contributed by atoms with Crippen LogP contribution < -0.4 is 15.4 Å². The van der Waals surface area contributed by atoms with Crippen LogP contribution in [0.3, 0.4) is 0 Å². The Morgan fingerprint density at radius 3 is 3.00 bits per heavy atom. The highest BCUT2D eigenvalue weighted by Gasteiger charge is 2.22. The minimum absolute atomic E-state index is 0.0365. The predicted octanol–water partition coefficient (Wildman–Crippen LogP) is 1.55. The van der Waals surface area contributed by atoms with Gasteiger partial charge in [0.25, 0.3) is 5.69 Å². The summed E-state index contributed by atoms with van der Waals surface area (Å²) < 4.78 is 11.1. The molecule has 2 rings (SSSR count). The lowest BCUT2D eigenvalue weighted by atomic mass is 10.2. The van der Waals surface area contributed by atoms with Gasteiger partial charge in [0.15, 0.2) is 0 Å². The van der Waals surface area contributed by atoms with E-state index in [0.29, 0.717) is 38.6 Å². The number of morpholine rings is 1. The normalized spacial score (nSPS) is 18.6. The van der Waals surface area contributed by atoms with Crippen LogP contribution in [0.15, 0.2) is 18.2 Å². The highest BCUT2D eigenvalue weighted by molar-refractivity contribution is 5.58. The summed E-state index contributed by atoms with van der Waals surface area (Å²) in [7, 11) is 0. The molecule has 1 atom stereocenters. The molecule has 1 aliphatic rings. The first kappa shape index (κ1) is 15.5. The van der Waals surface area contributed by atoms with Crippen LogP contribution in [0.25, 0.3) is 0 Å². The Labute approximate surface area is 123 Å². The van der Waals surface area contributed by atoms with Gasteiger partial charge in [0.1, 0.15) is 5.75 Å². The van der Waals surface area contributed by atoms with E-state index < -0.39 is 4.92 Å². The molecule has 0 spiro atoms. The van der Waals surface area contributed by atoms with Crippen molar-refractivity contribution in [3.63, 3.8) is 0 Å². The molecule has 0 saturated carbocycles. The summed E-state index contributed by atoms with van der Waals surface area (Å²) in [6, 6.07) is 4.86. The van der Waals surface area contributed by atoms with Crippen molar-refractivity contribution in [3.8, 4) is 5.75 Å². The fraction of sp³-hybridized carbons (Fsp3) is 0.571. The molecule has 0 bridgehead atoms. The van der Waals surface area contributed by atoms with Gasteiger partial charge in [-0.25, -0.2) is 0 Å². The third-order valence-electron chi connectivity index (χ3n) is 3.33. The molecular weight excluding hydrogens is 274 g/mol. The fourth-order valence-corrected chi connectivity index (χ4v) is 2.26. The average Bonchev–Trinajstić information content (AvgIpc) is 2.52. The molecule has 116 valence electrons. The van der Waals surface area contributed by atoms with Crippen LogP contribution in [-0.2, 0) is 4.74 Å². The Kier molecular flexibility index (Phi) is 5.35. The van der Waals surface area contributed by atoms with Gasteiger partial charge in [-0.2, -0.15) is 0 Å². The minimum atomic E-state index is -0.400. The minimum Gasteiger partial charge on any atom is -0.493 e. The third-order valence-corrected chi connectivity index (χ3v) is 3.33. The van der Waals surface area contributed by atoms with E-state index in [0.717, 1.165) is 12.1 Å². The molecule has 1 saturated heterocycles. The molecule has 1 aromatic rings. The molecule has 0 amide bonds. The molecule has 0 aromatic heterocycles. The van der Waals surface area contributed by atoms with Crippen molar-refractivity contribution in [1.29, 1.82) is 0 Å². The number of hydrogen-bond donors (Lipinski definition) is 1. The maximum Gasteiger partial charge on any atom is 0.275 e. The van der Waals surface area contributed by atoms with E-state index >= 15 is 0 Å². The van der Waals surface area contributed by atoms with Crippen molar-refractivity contribution in [3.05, 3.63) is 28.3 Å². The number of nitrogens with zero attached hydrogens (tertiary/aromatic N) is 2. The standard InChI is InChI=1S/C14H21N3O4/c1-2-4-20-13-7-11(6-12(8-13)17(18)19)16-3-5-21-14(9-15)10-16/h6-8,14H,2-5,9-10,15H2,1H3. The van der Waals surface area contributed by atoms with E-state index in [4.69, 9.17) is 15.2 Å². The van der Waals surface area contributed by atoms with E-state index in [-0.39, 0.29) is 11.8 Å². The second kappa shape index (κ2) is 7.24. The molecule has 21 heavy (non-hydrogen) atoms. The Morgan fingerprint density at radius 2 is 2.33 bits per heavy atom. The van der Waals surface area contributed by atoms with E-state index in [1.165, 1.54) is 6.07 Å². The molecule has 0 radical (unpaired) electrons. The van der Waals surface area contributed by atoms with Crippen LogP contribution in [0, 0.1) is 10.1 Å². The van der Waals surface area contributed by atoms with Crippen molar-refractivity contribution in [2.75, 3.05) is 37.7 Å². The van der Waals surface area contributed by atoms with Gasteiger partial charge in [-0.05, 0) is 6.42 Å². The number of non-ortho nitro benzene ring substituents is 1. The quantitative estimate of drug-likeness (QED) is 0.632. The summed E-state index contributed by atoms with van der Waals surface area (Å²) in [5.74, 6) is 0.525. The molecule has 1 fully saturated rings. The van der Waals surface area contributed by atoms with Crippen LogP contribution in [0.2, 0.25) is 0 Å². The van der Waals surface area contributed by atoms with Gasteiger partial charge in [-0.3, -0.25) is 10.1 Å². The maximum atomic E-state index is 11.1. The van der Waals surface area contributed by atoms with E-state index in [1.54, 1.807) is 6.07 Å². The van der Waals surface area contributed by atoms with Crippen LogP contribution in [-0.4, -0.2) is 43.9 Å². The third kappa shape index (κ3) is 4.05. The molecule has 0 aliphatic carbocycles. The van der Waals surface area contributed by atoms with E-state index in [2.05, 4.69) is 0 Å². The summed E-state index contributed by atoms with van der Waals surface area (Å²) in [6.07, 6.45) is 0.809. The number of anilines is 1. The Balaban J connectivity index is 2.24. The first-order chi connectivity index (χ1) is 10.1. The summed E-state index contributed by atoms with van der Waals surface area (Å²) in [5, 5.41) is 11.1. The number of nitrogens with two attached hydrogens (primary N) is 1. The SMILES string of the molecule is CCCOc1cc(N2CCOC(CN)C2)cc([N+](=O)[O-])c1. The summed E-state index contributed by atoms with van der Waals surface area (Å²) in [4.78, 5) is 12.7. The van der Waals surface area contributed by atoms with Gasteiger partial charge < -0.3 is 20.1 Å². The fourth-order valence-electron chi connectivity index (χ4n) is 2.26. The van der Waals surface area contributed by atoms with Gasteiger partial charge in [-0.15, -0.1) is 0 Å². The Hall–Kier alpha value is -1.86. The summed E-state index contributed by atoms with van der Waals surface area (Å²) in [5.41, 5.74) is 6.44. The number of ether oxygens (including phenoxy) is 2. The zero-order valence-corrected chi connectivity index (χ0v) is 12.2. The lowest BCUT2D eigenvalue weighted by Gasteiger charge is -2.34. The highest BCUT2D eigenvalue weighted by atomic mass is 16.6. The van der Waals surface area contributed by atoms with Crippen molar-refractivity contribution in [2.24, 2.45) is 5.73 Å². The Morgan fingerprint density at radius 1 is 1.52 bits per heavy atom. The average molecular weight is 295 g/mol. The molecule has 1 aliphatic heterocycles. The number of benzene rings is 1. The largest absolute Gasteiger partial charge is 0.493 e. The lowest BCUT2D eigenvalue weighted by molar-refractivity contribution is -0.384. The summed E-state index contributed by atoms with van der Waals surface area (Å²) >= 11 is 0. The predicted molar refractivity (Wildman–Crippen MR) is 79.9 cm³/mol. The second-order valence-corrected chi connectivity index (χ2v) is 4.97. The lowest BCUT2D eigenvalue weighted by Crippen LogP contribution is -2.45. The van der Waals surface area contributed by atoms with Gasteiger partial charge in [0.05, 0.1) is 30.3 Å². The highest BCUT2D eigenvalue weighted by Crippen LogP contribution is 2.29. The van der Waals surface area contributed by atoms with Gasteiger partial charge in [0, 0.05) is 37.5 Å². The molecule has 1 heterocycles. The first-order valence-electron chi connectivity index (χ1n) is 7.13. The number of nitro groups is 1. The first-order valence-corrected chi connectivity index (χ1v) is 7.13. The maximum absolute atomic E-state index is 11.1. The van der Waals surface area contributed by atoms with Crippen LogP contribution in [0.1, 0.15) is 13.3 Å². The van der Waals surface area contributed by atoms with Gasteiger partial charge >= 0.3 is 0 Å². The molecule has 7 heteroatoms. The van der Waals surface area contributed by atoms with Crippen molar-refractivity contribution < 1.29 is 14.4 Å². The van der Waals surface area contributed by atoms with Crippen LogP contribution in [0.5, 0.6) is 5.75 Å². The zero-order valence-electron chi connectivity index (χ0n) is 12.2. The number of rotatable bonds is 6. The smallest absolute Gasteiger partial charge is 0.275 e. The van der Waals surface area contributed by atoms with E-state index in [9.17, 15) is 10.1 Å². The molecular formula is C14H21N3O4. The molecule has 7 nitrogen and oxygen atoms in total. The second-order valence-electron chi connectivity index (χ2n) is 4.97. The van der Waals surface area contributed by atoms with Crippen LogP contribution in [0.4, 0.5) is 11.4 Å². The monoisotopic (exact) mass is 295 g/mol. The van der Waals surface area contributed by atoms with Crippen molar-refractivity contribution in [1.82, 2.24) is 0 Å². The molecule has 1 unspecified atom stereocenters.